The molecular formula is C39H40Cl2N8O6S6. The number of thiophene rings is 2. The maximum atomic E-state index is 13.1. The van der Waals surface area contributed by atoms with E-state index in [1.165, 1.54) is 41.0 Å². The third-order valence-electron chi connectivity index (χ3n) is 10.9. The number of aromatic nitrogens is 2. The van der Waals surface area contributed by atoms with Crippen molar-refractivity contribution in [2.24, 2.45) is 0 Å². The number of hydrogen-bond donors (Lipinski definition) is 1. The van der Waals surface area contributed by atoms with E-state index in [-0.39, 0.29) is 46.4 Å². The largest absolute Gasteiger partial charge is 0.333 e. The first-order valence-corrected chi connectivity index (χ1v) is 26.4. The molecule has 0 spiro atoms. The lowest BCUT2D eigenvalue weighted by Crippen LogP contribution is -2.51. The summed E-state index contributed by atoms with van der Waals surface area (Å²) in [5, 5.41) is 7.95. The molecule has 0 atom stereocenters. The third kappa shape index (κ3) is 9.14. The SMILES string of the molecule is CN1CCc2nc(CN3CCN(S(=O)(=O)c4cc5ccc(Cl)cc5s4)CC3=O)sc2C1.O=C1CN(S(=O)(=O)c2cc3ccc(Cl)cc3s2)CCN1Cc1nc2c(s1)CNCC2. The Balaban J connectivity index is 0.000000156. The second-order valence-electron chi connectivity index (χ2n) is 15.2. The molecule has 10 rings (SSSR count). The number of nitrogens with zero attached hydrogens (tertiary/aromatic N) is 7. The van der Waals surface area contributed by atoms with E-state index in [9.17, 15) is 26.4 Å². The van der Waals surface area contributed by atoms with Crippen LogP contribution in [-0.2, 0) is 68.7 Å². The van der Waals surface area contributed by atoms with Gasteiger partial charge < -0.3 is 20.0 Å². The smallest absolute Gasteiger partial charge is 0.253 e. The van der Waals surface area contributed by atoms with Crippen molar-refractivity contribution < 1.29 is 26.4 Å². The van der Waals surface area contributed by atoms with Crippen molar-refractivity contribution in [3.8, 4) is 0 Å². The molecule has 4 aliphatic rings. The Morgan fingerprint density at radius 3 is 1.66 bits per heavy atom. The number of fused-ring (bicyclic) bond motifs is 4. The zero-order valence-electron chi connectivity index (χ0n) is 32.8. The van der Waals surface area contributed by atoms with Crippen LogP contribution in [0.1, 0.15) is 31.2 Å². The molecule has 6 aromatic rings. The highest BCUT2D eigenvalue weighted by Crippen LogP contribution is 2.35. The van der Waals surface area contributed by atoms with Crippen LogP contribution < -0.4 is 5.32 Å². The fraction of sp³-hybridized carbons (Fsp3) is 0.385. The number of thiazole rings is 2. The molecule has 14 nitrogen and oxygen atoms in total. The zero-order valence-corrected chi connectivity index (χ0v) is 39.2. The quantitative estimate of drug-likeness (QED) is 0.200. The molecule has 0 radical (unpaired) electrons. The predicted molar refractivity (Wildman–Crippen MR) is 242 cm³/mol. The second kappa shape index (κ2) is 17.5. The van der Waals surface area contributed by atoms with Gasteiger partial charge in [-0.05, 0) is 54.2 Å². The van der Waals surface area contributed by atoms with E-state index < -0.39 is 20.0 Å². The number of halogens is 2. The summed E-state index contributed by atoms with van der Waals surface area (Å²) in [6.45, 7) is 5.49. The molecule has 4 aliphatic heterocycles. The van der Waals surface area contributed by atoms with Crippen molar-refractivity contribution in [2.45, 2.75) is 47.4 Å². The van der Waals surface area contributed by atoms with Crippen LogP contribution in [0.3, 0.4) is 0 Å². The first kappa shape index (κ1) is 43.1. The molecule has 1 N–H and O–H groups in total. The summed E-state index contributed by atoms with van der Waals surface area (Å²) >= 11 is 17.7. The predicted octanol–water partition coefficient (Wildman–Crippen LogP) is 5.72. The van der Waals surface area contributed by atoms with Gasteiger partial charge in [0.25, 0.3) is 20.0 Å². The summed E-state index contributed by atoms with van der Waals surface area (Å²) in [6, 6.07) is 13.9. The van der Waals surface area contributed by atoms with Gasteiger partial charge in [-0.15, -0.1) is 45.3 Å². The number of hydrogen-bond acceptors (Lipinski definition) is 14. The molecule has 61 heavy (non-hydrogen) atoms. The maximum Gasteiger partial charge on any atom is 0.253 e. The molecule has 2 aromatic carbocycles. The van der Waals surface area contributed by atoms with Gasteiger partial charge in [0.15, 0.2) is 0 Å². The molecule has 0 saturated carbocycles. The van der Waals surface area contributed by atoms with Crippen molar-refractivity contribution in [3.63, 3.8) is 0 Å². The Kier molecular flexibility index (Phi) is 12.3. The number of likely N-dealkylation sites (N-methyl/N-ethyl adjacent to an activating group) is 1. The van der Waals surface area contributed by atoms with Crippen molar-refractivity contribution in [3.05, 3.63) is 89.7 Å². The van der Waals surface area contributed by atoms with Crippen LogP contribution >= 0.6 is 68.5 Å². The highest BCUT2D eigenvalue weighted by atomic mass is 35.5. The van der Waals surface area contributed by atoms with Gasteiger partial charge in [0.05, 0.1) is 37.6 Å². The lowest BCUT2D eigenvalue weighted by Gasteiger charge is -2.32. The molecular weight excluding hydrogens is 940 g/mol. The van der Waals surface area contributed by atoms with Gasteiger partial charge in [-0.1, -0.05) is 35.3 Å². The van der Waals surface area contributed by atoms with Crippen LogP contribution in [0, 0.1) is 0 Å². The number of carbonyl (C=O) groups is 2. The van der Waals surface area contributed by atoms with Gasteiger partial charge >= 0.3 is 0 Å². The Bertz CT molecular complexity index is 2870. The minimum absolute atomic E-state index is 0.148. The molecule has 0 aliphatic carbocycles. The number of benzene rings is 2. The Hall–Kier alpha value is -3.12. The summed E-state index contributed by atoms with van der Waals surface area (Å²) < 4.78 is 57.1. The number of rotatable bonds is 8. The van der Waals surface area contributed by atoms with Gasteiger partial charge in [0.1, 0.15) is 18.4 Å². The molecule has 22 heteroatoms. The number of carbonyl (C=O) groups excluding carboxylic acids is 2. The van der Waals surface area contributed by atoms with Crippen molar-refractivity contribution in [2.75, 3.05) is 59.4 Å². The molecule has 322 valence electrons. The van der Waals surface area contributed by atoms with E-state index in [0.717, 1.165) is 80.6 Å². The molecule has 8 heterocycles. The van der Waals surface area contributed by atoms with E-state index in [2.05, 4.69) is 22.2 Å². The first-order valence-electron chi connectivity index (χ1n) is 19.5. The van der Waals surface area contributed by atoms with Crippen molar-refractivity contribution in [1.29, 1.82) is 0 Å². The average Bonchev–Trinajstić information content (AvgIpc) is 4.03. The molecule has 0 unspecified atom stereocenters. The molecule has 2 fully saturated rings. The van der Waals surface area contributed by atoms with Crippen LogP contribution in [0.5, 0.6) is 0 Å². The fourth-order valence-corrected chi connectivity index (χ4v) is 16.3. The van der Waals surface area contributed by atoms with E-state index in [1.54, 1.807) is 74.9 Å². The number of sulfonamides is 2. The Labute approximate surface area is 379 Å². The van der Waals surface area contributed by atoms with Crippen molar-refractivity contribution in [1.82, 2.24) is 38.6 Å². The normalized spacial score (nSPS) is 18.4. The summed E-state index contributed by atoms with van der Waals surface area (Å²) in [5.74, 6) is -0.385. The number of piperazine rings is 2. The molecule has 0 bridgehead atoms. The van der Waals surface area contributed by atoms with E-state index in [0.29, 0.717) is 36.2 Å². The van der Waals surface area contributed by atoms with E-state index in [1.807, 2.05) is 6.07 Å². The summed E-state index contributed by atoms with van der Waals surface area (Å²) in [4.78, 5) is 43.1. The van der Waals surface area contributed by atoms with Crippen LogP contribution in [0.25, 0.3) is 20.2 Å². The second-order valence-corrected chi connectivity index (χ2v) is 24.9. The Morgan fingerprint density at radius 2 is 1.15 bits per heavy atom. The van der Waals surface area contributed by atoms with Crippen LogP contribution in [-0.4, -0.2) is 121 Å². The van der Waals surface area contributed by atoms with Crippen LogP contribution in [0.4, 0.5) is 0 Å². The number of nitrogens with one attached hydrogen (secondary N) is 1. The highest BCUT2D eigenvalue weighted by molar-refractivity contribution is 7.91. The zero-order chi connectivity index (χ0) is 42.6. The van der Waals surface area contributed by atoms with Gasteiger partial charge in [-0.3, -0.25) is 9.59 Å². The van der Waals surface area contributed by atoms with Crippen LogP contribution in [0.15, 0.2) is 56.9 Å². The highest BCUT2D eigenvalue weighted by Gasteiger charge is 2.36. The van der Waals surface area contributed by atoms with E-state index >= 15 is 0 Å². The van der Waals surface area contributed by atoms with Crippen LogP contribution in [0.2, 0.25) is 10.0 Å². The van der Waals surface area contributed by atoms with Gasteiger partial charge in [0.2, 0.25) is 11.8 Å². The third-order valence-corrected chi connectivity index (χ3v) is 20.3. The van der Waals surface area contributed by atoms with E-state index in [4.69, 9.17) is 28.2 Å². The summed E-state index contributed by atoms with van der Waals surface area (Å²) in [7, 11) is -5.37. The fourth-order valence-electron chi connectivity index (χ4n) is 7.61. The summed E-state index contributed by atoms with van der Waals surface area (Å²) in [6.07, 6.45) is 1.84. The minimum atomic E-state index is -3.73. The molecule has 2 amide bonds. The van der Waals surface area contributed by atoms with Gasteiger partial charge in [-0.2, -0.15) is 8.61 Å². The average molecular weight is 980 g/mol. The Morgan fingerprint density at radius 1 is 0.639 bits per heavy atom. The van der Waals surface area contributed by atoms with Gasteiger partial charge in [0, 0.05) is 94.4 Å². The lowest BCUT2D eigenvalue weighted by molar-refractivity contribution is -0.135. The first-order chi connectivity index (χ1) is 29.2. The minimum Gasteiger partial charge on any atom is -0.333 e. The molecule has 2 saturated heterocycles. The maximum absolute atomic E-state index is 13.1. The number of amides is 2. The monoisotopic (exact) mass is 978 g/mol. The summed E-state index contributed by atoms with van der Waals surface area (Å²) in [5.41, 5.74) is 2.25. The van der Waals surface area contributed by atoms with Crippen molar-refractivity contribution >= 4 is 121 Å². The topological polar surface area (TPSA) is 156 Å². The molecule has 4 aromatic heterocycles. The van der Waals surface area contributed by atoms with Gasteiger partial charge in [-0.25, -0.2) is 26.8 Å². The standard InChI is InChI=1S/C20H21ClN4O3S3.C19H19ClN4O3S3/c1-23-5-4-15-17(10-23)29-18(22-15)11-24-6-7-25(12-19(24)26)31(27,28)20-8-13-2-3-14(21)9-16(13)30-20;20-13-2-1-12-7-19(29-15(12)8-13)30(26,27)24-6-5-23(18(25)11-24)10-17-22-14-3-4-21-9-16(14)28-17/h2-3,8-9H,4-7,10-12H2,1H3;1-2,7-8,21H,3-6,9-11H2. The lowest BCUT2D eigenvalue weighted by atomic mass is 10.2.